The fourth-order valence-corrected chi connectivity index (χ4v) is 2.28. The summed E-state index contributed by atoms with van der Waals surface area (Å²) in [5.74, 6) is 1.02. The van der Waals surface area contributed by atoms with E-state index in [1.807, 2.05) is 7.11 Å². The maximum atomic E-state index is 5.74. The van der Waals surface area contributed by atoms with E-state index in [-0.39, 0.29) is 5.60 Å². The molecular weight excluding hydrogens is 198 g/mol. The summed E-state index contributed by atoms with van der Waals surface area (Å²) in [7, 11) is 1.85. The van der Waals surface area contributed by atoms with Gasteiger partial charge in [0.05, 0.1) is 5.60 Å². The minimum absolute atomic E-state index is 0.00403. The third-order valence-electron chi connectivity index (χ3n) is 4.11. The maximum absolute atomic E-state index is 5.74. The Morgan fingerprint density at radius 3 is 2.50 bits per heavy atom. The lowest BCUT2D eigenvalue weighted by Crippen LogP contribution is -2.50. The van der Waals surface area contributed by atoms with Crippen molar-refractivity contribution in [1.82, 2.24) is 5.32 Å². The van der Waals surface area contributed by atoms with Gasteiger partial charge in [-0.15, -0.1) is 0 Å². The Balaban J connectivity index is 2.44. The molecule has 0 heterocycles. The van der Waals surface area contributed by atoms with E-state index in [4.69, 9.17) is 4.74 Å². The van der Waals surface area contributed by atoms with E-state index < -0.39 is 0 Å². The Labute approximate surface area is 101 Å². The molecule has 0 aromatic carbocycles. The van der Waals surface area contributed by atoms with Crippen molar-refractivity contribution in [2.24, 2.45) is 5.92 Å². The predicted molar refractivity (Wildman–Crippen MR) is 69.7 cm³/mol. The van der Waals surface area contributed by atoms with Gasteiger partial charge in [-0.05, 0) is 45.1 Å². The monoisotopic (exact) mass is 227 g/mol. The van der Waals surface area contributed by atoms with Gasteiger partial charge >= 0.3 is 0 Å². The lowest BCUT2D eigenvalue weighted by atomic mass is 9.89. The molecule has 0 aromatic rings. The van der Waals surface area contributed by atoms with Gasteiger partial charge in [0.2, 0.25) is 0 Å². The highest BCUT2D eigenvalue weighted by molar-refractivity contribution is 4.89. The zero-order chi connectivity index (χ0) is 12.0. The van der Waals surface area contributed by atoms with Crippen LogP contribution in [-0.2, 0) is 4.74 Å². The van der Waals surface area contributed by atoms with E-state index >= 15 is 0 Å². The Morgan fingerprint density at radius 2 is 2.06 bits per heavy atom. The second-order valence-electron chi connectivity index (χ2n) is 5.40. The van der Waals surface area contributed by atoms with Gasteiger partial charge in [-0.2, -0.15) is 0 Å². The number of ether oxygens (including phenoxy) is 1. The molecule has 16 heavy (non-hydrogen) atoms. The molecule has 0 radical (unpaired) electrons. The summed E-state index contributed by atoms with van der Waals surface area (Å²) in [5.41, 5.74) is 0.00403. The predicted octanol–water partition coefficient (Wildman–Crippen LogP) is 3.36. The molecule has 0 saturated heterocycles. The first-order valence-corrected chi connectivity index (χ1v) is 6.94. The van der Waals surface area contributed by atoms with Crippen LogP contribution < -0.4 is 5.32 Å². The van der Waals surface area contributed by atoms with Gasteiger partial charge in [-0.25, -0.2) is 0 Å². The van der Waals surface area contributed by atoms with Gasteiger partial charge in [0, 0.05) is 13.2 Å². The van der Waals surface area contributed by atoms with Gasteiger partial charge in [-0.1, -0.05) is 26.7 Å². The van der Waals surface area contributed by atoms with Crippen molar-refractivity contribution in [1.29, 1.82) is 0 Å². The van der Waals surface area contributed by atoms with Crippen LogP contribution in [0.3, 0.4) is 0 Å². The second kappa shape index (κ2) is 6.61. The summed E-state index contributed by atoms with van der Waals surface area (Å²) in [6.07, 6.45) is 7.83. The Hall–Kier alpha value is -0.0800. The molecule has 96 valence electrons. The summed E-state index contributed by atoms with van der Waals surface area (Å²) in [6.45, 7) is 7.80. The van der Waals surface area contributed by atoms with Crippen molar-refractivity contribution in [2.45, 2.75) is 70.9 Å². The fraction of sp³-hybridized carbons (Fsp3) is 1.00. The van der Waals surface area contributed by atoms with Crippen molar-refractivity contribution < 1.29 is 4.74 Å². The normalized spacial score (nSPS) is 21.8. The molecule has 2 unspecified atom stereocenters. The number of rotatable bonds is 9. The van der Waals surface area contributed by atoms with Crippen molar-refractivity contribution in [2.75, 3.05) is 13.7 Å². The molecule has 0 aromatic heterocycles. The molecule has 1 rings (SSSR count). The highest BCUT2D eigenvalue weighted by atomic mass is 16.5. The molecule has 0 aliphatic heterocycles. The summed E-state index contributed by atoms with van der Waals surface area (Å²) < 4.78 is 5.74. The Morgan fingerprint density at radius 1 is 1.38 bits per heavy atom. The van der Waals surface area contributed by atoms with Crippen molar-refractivity contribution in [3.63, 3.8) is 0 Å². The molecule has 1 aliphatic carbocycles. The second-order valence-corrected chi connectivity index (χ2v) is 5.40. The Bertz CT molecular complexity index is 185. The third kappa shape index (κ3) is 4.06. The van der Waals surface area contributed by atoms with Crippen LogP contribution in [0.25, 0.3) is 0 Å². The molecule has 1 N–H and O–H groups in total. The van der Waals surface area contributed by atoms with Gasteiger partial charge in [0.15, 0.2) is 0 Å². The number of methoxy groups -OCH3 is 1. The number of nitrogens with one attached hydrogen (secondary N) is 1. The van der Waals surface area contributed by atoms with Crippen LogP contribution in [0, 0.1) is 5.92 Å². The topological polar surface area (TPSA) is 21.3 Å². The lowest BCUT2D eigenvalue weighted by Gasteiger charge is -2.36. The summed E-state index contributed by atoms with van der Waals surface area (Å²) in [5, 5.41) is 3.67. The van der Waals surface area contributed by atoms with Crippen LogP contribution in [0.15, 0.2) is 0 Å². The highest BCUT2D eigenvalue weighted by Crippen LogP contribution is 2.35. The molecule has 0 amide bonds. The molecular formula is C14H29NO. The first-order valence-electron chi connectivity index (χ1n) is 6.94. The largest absolute Gasteiger partial charge is 0.377 e. The van der Waals surface area contributed by atoms with Crippen LogP contribution in [0.2, 0.25) is 0 Å². The Kier molecular flexibility index (Phi) is 5.77. The zero-order valence-corrected chi connectivity index (χ0v) is 11.5. The van der Waals surface area contributed by atoms with E-state index in [2.05, 4.69) is 26.1 Å². The molecule has 2 heteroatoms. The lowest BCUT2D eigenvalue weighted by molar-refractivity contribution is -0.0317. The molecule has 1 saturated carbocycles. The SMILES string of the molecule is CCCNC(CCC1CC1)C(C)(CC)OC. The summed E-state index contributed by atoms with van der Waals surface area (Å²) in [4.78, 5) is 0. The maximum Gasteiger partial charge on any atom is 0.0800 e. The molecule has 0 bridgehead atoms. The van der Waals surface area contributed by atoms with Gasteiger partial charge in [0.1, 0.15) is 0 Å². The van der Waals surface area contributed by atoms with Crippen molar-refractivity contribution in [3.8, 4) is 0 Å². The smallest absolute Gasteiger partial charge is 0.0800 e. The highest BCUT2D eigenvalue weighted by Gasteiger charge is 2.33. The van der Waals surface area contributed by atoms with Crippen LogP contribution in [0.1, 0.15) is 59.3 Å². The standard InChI is InChI=1S/C14H29NO/c1-5-11-15-13(10-9-12-7-8-12)14(3,6-2)16-4/h12-13,15H,5-11H2,1-4H3. The van der Waals surface area contributed by atoms with Gasteiger partial charge in [-0.3, -0.25) is 0 Å². The number of hydrogen-bond donors (Lipinski definition) is 1. The van der Waals surface area contributed by atoms with Crippen LogP contribution >= 0.6 is 0 Å². The average molecular weight is 227 g/mol. The molecule has 1 aliphatic rings. The van der Waals surface area contributed by atoms with Gasteiger partial charge in [0.25, 0.3) is 0 Å². The summed E-state index contributed by atoms with van der Waals surface area (Å²) in [6, 6.07) is 0.517. The first-order chi connectivity index (χ1) is 7.66. The van der Waals surface area contributed by atoms with E-state index in [1.165, 1.54) is 32.1 Å². The quantitative estimate of drug-likeness (QED) is 0.652. The van der Waals surface area contributed by atoms with Crippen LogP contribution in [0.4, 0.5) is 0 Å². The van der Waals surface area contributed by atoms with E-state index in [0.29, 0.717) is 6.04 Å². The van der Waals surface area contributed by atoms with E-state index in [9.17, 15) is 0 Å². The van der Waals surface area contributed by atoms with Crippen molar-refractivity contribution >= 4 is 0 Å². The van der Waals surface area contributed by atoms with Crippen molar-refractivity contribution in [3.05, 3.63) is 0 Å². The average Bonchev–Trinajstić information content (AvgIpc) is 3.12. The van der Waals surface area contributed by atoms with E-state index in [0.717, 1.165) is 18.9 Å². The minimum atomic E-state index is 0.00403. The van der Waals surface area contributed by atoms with E-state index in [1.54, 1.807) is 0 Å². The number of hydrogen-bond acceptors (Lipinski definition) is 2. The summed E-state index contributed by atoms with van der Waals surface area (Å²) >= 11 is 0. The molecule has 1 fully saturated rings. The third-order valence-corrected chi connectivity index (χ3v) is 4.11. The zero-order valence-electron chi connectivity index (χ0n) is 11.5. The minimum Gasteiger partial charge on any atom is -0.377 e. The fourth-order valence-electron chi connectivity index (χ4n) is 2.28. The molecule has 2 nitrogen and oxygen atoms in total. The molecule has 0 spiro atoms. The first kappa shape index (κ1) is 14.0. The van der Waals surface area contributed by atoms with Gasteiger partial charge < -0.3 is 10.1 Å². The van der Waals surface area contributed by atoms with Crippen LogP contribution in [-0.4, -0.2) is 25.3 Å². The molecule has 2 atom stereocenters. The van der Waals surface area contributed by atoms with Crippen LogP contribution in [0.5, 0.6) is 0 Å².